The lowest BCUT2D eigenvalue weighted by atomic mass is 10.0. The predicted molar refractivity (Wildman–Crippen MR) is 101 cm³/mol. The molecule has 0 radical (unpaired) electrons. The van der Waals surface area contributed by atoms with Gasteiger partial charge < -0.3 is 10.3 Å². The van der Waals surface area contributed by atoms with E-state index in [1.54, 1.807) is 6.07 Å². The quantitative estimate of drug-likeness (QED) is 0.615. The van der Waals surface area contributed by atoms with Crippen LogP contribution in [0.5, 0.6) is 0 Å². The van der Waals surface area contributed by atoms with Gasteiger partial charge in [-0.25, -0.2) is 14.4 Å². The van der Waals surface area contributed by atoms with Crippen molar-refractivity contribution in [3.05, 3.63) is 68.6 Å². The van der Waals surface area contributed by atoms with E-state index in [9.17, 15) is 27.2 Å². The number of alkyl halides is 3. The molecule has 2 N–H and O–H groups in total. The summed E-state index contributed by atoms with van der Waals surface area (Å²) in [7, 11) is 0. The van der Waals surface area contributed by atoms with Crippen LogP contribution in [0.3, 0.4) is 0 Å². The molecule has 1 amide bonds. The van der Waals surface area contributed by atoms with Crippen LogP contribution in [0.4, 0.5) is 17.6 Å². The van der Waals surface area contributed by atoms with E-state index in [4.69, 9.17) is 5.26 Å². The Morgan fingerprint density at radius 2 is 2.06 bits per heavy atom. The van der Waals surface area contributed by atoms with E-state index in [-0.39, 0.29) is 33.3 Å². The number of nitrogens with zero attached hydrogens (tertiary/aromatic N) is 3. The third-order valence-electron chi connectivity index (χ3n) is 4.68. The Balaban J connectivity index is 1.88. The smallest absolute Gasteiger partial charge is 0.349 e. The van der Waals surface area contributed by atoms with Crippen molar-refractivity contribution in [2.75, 3.05) is 0 Å². The number of amides is 1. The van der Waals surface area contributed by atoms with Crippen LogP contribution in [0.2, 0.25) is 0 Å². The van der Waals surface area contributed by atoms with Crippen LogP contribution in [-0.2, 0) is 17.4 Å². The summed E-state index contributed by atoms with van der Waals surface area (Å²) in [5, 5.41) is 11.3. The summed E-state index contributed by atoms with van der Waals surface area (Å²) < 4.78 is 52.9. The minimum atomic E-state index is -4.77. The molecular weight excluding hydrogens is 418 g/mol. The second-order valence-electron chi connectivity index (χ2n) is 6.83. The molecular formula is C20H15F4N5O2. The number of pyridine rings is 1. The Morgan fingerprint density at radius 3 is 2.68 bits per heavy atom. The zero-order chi connectivity index (χ0) is 22.9. The van der Waals surface area contributed by atoms with Crippen molar-refractivity contribution in [3.63, 3.8) is 0 Å². The van der Waals surface area contributed by atoms with Crippen LogP contribution >= 0.6 is 0 Å². The topological polar surface area (TPSA) is 112 Å². The van der Waals surface area contributed by atoms with Gasteiger partial charge in [-0.05, 0) is 31.5 Å². The van der Waals surface area contributed by atoms with Gasteiger partial charge in [-0.2, -0.15) is 18.4 Å². The van der Waals surface area contributed by atoms with E-state index in [1.807, 2.05) is 0 Å². The molecule has 11 heteroatoms. The molecule has 1 atom stereocenters. The van der Waals surface area contributed by atoms with Crippen molar-refractivity contribution < 1.29 is 22.4 Å². The normalized spacial score (nSPS) is 12.4. The molecule has 3 rings (SSSR count). The summed E-state index contributed by atoms with van der Waals surface area (Å²) >= 11 is 0. The lowest BCUT2D eigenvalue weighted by Gasteiger charge is -2.16. The third kappa shape index (κ3) is 4.53. The number of benzene rings is 1. The van der Waals surface area contributed by atoms with Crippen molar-refractivity contribution in [1.29, 1.82) is 5.26 Å². The van der Waals surface area contributed by atoms with Gasteiger partial charge >= 0.3 is 6.18 Å². The number of hydrogen-bond donors (Lipinski definition) is 2. The van der Waals surface area contributed by atoms with Gasteiger partial charge in [0.1, 0.15) is 5.82 Å². The number of nitriles is 1. The highest BCUT2D eigenvalue weighted by molar-refractivity contribution is 5.83. The SMILES string of the molecule is Cc1c(CC(=O)N[C@@H](C)c2ccc(C#N)cc2F)c(=O)[nH]c2cnc(C(F)(F)F)nc12. The molecule has 7 nitrogen and oxygen atoms in total. The van der Waals surface area contributed by atoms with Crippen LogP contribution < -0.4 is 10.9 Å². The van der Waals surface area contributed by atoms with E-state index in [0.29, 0.717) is 0 Å². The van der Waals surface area contributed by atoms with Gasteiger partial charge in [0.15, 0.2) is 0 Å². The Kier molecular flexibility index (Phi) is 5.75. The Labute approximate surface area is 172 Å². The van der Waals surface area contributed by atoms with Crippen molar-refractivity contribution in [3.8, 4) is 6.07 Å². The second kappa shape index (κ2) is 8.14. The first-order valence-corrected chi connectivity index (χ1v) is 8.96. The number of hydrogen-bond acceptors (Lipinski definition) is 5. The van der Waals surface area contributed by atoms with Crippen LogP contribution in [0, 0.1) is 24.1 Å². The van der Waals surface area contributed by atoms with Gasteiger partial charge in [-0.1, -0.05) is 6.07 Å². The molecule has 160 valence electrons. The fourth-order valence-electron chi connectivity index (χ4n) is 3.10. The number of aromatic nitrogens is 3. The lowest BCUT2D eigenvalue weighted by molar-refractivity contribution is -0.144. The standard InChI is InChI=1S/C20H15F4N5O2/c1-9-13(18(31)28-15-8-26-19(20(22,23)24)29-17(9)15)6-16(30)27-10(2)12-4-3-11(7-25)5-14(12)21/h3-5,8,10H,6H2,1-2H3,(H,27,30)(H,28,31)/t10-/m0/s1. The van der Waals surface area contributed by atoms with Crippen molar-refractivity contribution in [2.45, 2.75) is 32.5 Å². The minimum absolute atomic E-state index is 0.00711. The molecule has 0 bridgehead atoms. The van der Waals surface area contributed by atoms with Crippen LogP contribution in [0.25, 0.3) is 11.0 Å². The number of nitrogens with one attached hydrogen (secondary N) is 2. The van der Waals surface area contributed by atoms with E-state index < -0.39 is 41.7 Å². The van der Waals surface area contributed by atoms with Gasteiger partial charge in [0.05, 0.1) is 41.3 Å². The number of fused-ring (bicyclic) bond motifs is 1. The summed E-state index contributed by atoms with van der Waals surface area (Å²) in [5.41, 5.74) is -0.481. The molecule has 0 spiro atoms. The highest BCUT2D eigenvalue weighted by Gasteiger charge is 2.35. The molecule has 0 saturated carbocycles. The number of rotatable bonds is 4. The molecule has 2 heterocycles. The number of carbonyl (C=O) groups excluding carboxylic acids is 1. The summed E-state index contributed by atoms with van der Waals surface area (Å²) in [5.74, 6) is -2.69. The highest BCUT2D eigenvalue weighted by Crippen LogP contribution is 2.27. The summed E-state index contributed by atoms with van der Waals surface area (Å²) in [6, 6.07) is 4.82. The lowest BCUT2D eigenvalue weighted by Crippen LogP contribution is -2.31. The van der Waals surface area contributed by atoms with Crippen LogP contribution in [0.15, 0.2) is 29.2 Å². The van der Waals surface area contributed by atoms with Crippen molar-refractivity contribution in [1.82, 2.24) is 20.3 Å². The van der Waals surface area contributed by atoms with Crippen molar-refractivity contribution in [2.24, 2.45) is 0 Å². The summed E-state index contributed by atoms with van der Waals surface area (Å²) in [6.45, 7) is 2.90. The first-order valence-electron chi connectivity index (χ1n) is 8.96. The fourth-order valence-corrected chi connectivity index (χ4v) is 3.10. The maximum absolute atomic E-state index is 14.1. The number of halogens is 4. The van der Waals surface area contributed by atoms with E-state index >= 15 is 0 Å². The monoisotopic (exact) mass is 433 g/mol. The Bertz CT molecular complexity index is 1280. The maximum Gasteiger partial charge on any atom is 0.451 e. The molecule has 2 aromatic heterocycles. The fraction of sp³-hybridized carbons (Fsp3) is 0.250. The molecule has 3 aromatic rings. The zero-order valence-corrected chi connectivity index (χ0v) is 16.3. The Hall–Kier alpha value is -3.81. The average molecular weight is 433 g/mol. The number of H-pyrrole nitrogens is 1. The van der Waals surface area contributed by atoms with E-state index in [2.05, 4.69) is 20.3 Å². The molecule has 0 saturated heterocycles. The molecule has 0 aliphatic rings. The van der Waals surface area contributed by atoms with Crippen molar-refractivity contribution >= 4 is 16.9 Å². The number of aryl methyl sites for hydroxylation is 1. The van der Waals surface area contributed by atoms with Gasteiger partial charge in [0.25, 0.3) is 5.56 Å². The average Bonchev–Trinajstić information content (AvgIpc) is 2.69. The van der Waals surface area contributed by atoms with E-state index in [0.717, 1.165) is 12.3 Å². The molecule has 0 fully saturated rings. The highest BCUT2D eigenvalue weighted by atomic mass is 19.4. The molecule has 0 unspecified atom stereocenters. The summed E-state index contributed by atoms with van der Waals surface area (Å²) in [6.07, 6.45) is -4.36. The van der Waals surface area contributed by atoms with Gasteiger partial charge in [0.2, 0.25) is 11.7 Å². The first kappa shape index (κ1) is 21.9. The third-order valence-corrected chi connectivity index (χ3v) is 4.68. The molecule has 31 heavy (non-hydrogen) atoms. The first-order chi connectivity index (χ1) is 14.5. The number of aromatic amines is 1. The Morgan fingerprint density at radius 1 is 1.35 bits per heavy atom. The largest absolute Gasteiger partial charge is 0.451 e. The van der Waals surface area contributed by atoms with Crippen LogP contribution in [-0.4, -0.2) is 20.9 Å². The molecule has 0 aliphatic carbocycles. The van der Waals surface area contributed by atoms with Crippen LogP contribution in [0.1, 0.15) is 41.0 Å². The predicted octanol–water partition coefficient (Wildman–Crippen LogP) is 3.08. The zero-order valence-electron chi connectivity index (χ0n) is 16.3. The van der Waals surface area contributed by atoms with Gasteiger partial charge in [-0.3, -0.25) is 9.59 Å². The molecule has 1 aromatic carbocycles. The second-order valence-corrected chi connectivity index (χ2v) is 6.83. The number of carbonyl (C=O) groups is 1. The minimum Gasteiger partial charge on any atom is -0.349 e. The van der Waals surface area contributed by atoms with E-state index in [1.165, 1.54) is 26.0 Å². The maximum atomic E-state index is 14.1. The van der Waals surface area contributed by atoms with Gasteiger partial charge in [-0.15, -0.1) is 0 Å². The van der Waals surface area contributed by atoms with Gasteiger partial charge in [0, 0.05) is 11.1 Å². The molecule has 0 aliphatic heterocycles. The summed E-state index contributed by atoms with van der Waals surface area (Å²) in [4.78, 5) is 33.8.